The maximum absolute atomic E-state index is 11.9. The van der Waals surface area contributed by atoms with E-state index in [1.807, 2.05) is 0 Å². The van der Waals surface area contributed by atoms with E-state index in [1.165, 1.54) is 0 Å². The molecule has 0 bridgehead atoms. The van der Waals surface area contributed by atoms with Crippen LogP contribution in [-0.2, 0) is 15.1 Å². The highest BCUT2D eigenvalue weighted by atomic mass is 35.5. The monoisotopic (exact) mass is 298 g/mol. The third kappa shape index (κ3) is 3.71. The number of carboxylic acids is 1. The first-order valence-electron chi connectivity index (χ1n) is 6.27. The quantitative estimate of drug-likeness (QED) is 0.839. The molecule has 0 aliphatic rings. The van der Waals surface area contributed by atoms with Crippen molar-refractivity contribution in [1.82, 2.24) is 10.2 Å². The van der Waals surface area contributed by atoms with Crippen LogP contribution in [0, 0.1) is 0 Å². The number of rotatable bonds is 6. The smallest absolute Gasteiger partial charge is 0.334 e. The molecule has 1 unspecified atom stereocenters. The number of carbonyl (C=O) groups excluding carboxylic acids is 1. The first kappa shape index (κ1) is 16.5. The third-order valence-electron chi connectivity index (χ3n) is 3.05. The van der Waals surface area contributed by atoms with Crippen molar-refractivity contribution in [2.75, 3.05) is 20.6 Å². The molecule has 0 radical (unpaired) electrons. The van der Waals surface area contributed by atoms with Crippen molar-refractivity contribution in [3.63, 3.8) is 0 Å². The lowest BCUT2D eigenvalue weighted by Crippen LogP contribution is -2.53. The van der Waals surface area contributed by atoms with Gasteiger partial charge in [0, 0.05) is 5.02 Å². The topological polar surface area (TPSA) is 69.6 Å². The van der Waals surface area contributed by atoms with Crippen LogP contribution < -0.4 is 5.32 Å². The van der Waals surface area contributed by atoms with Gasteiger partial charge in [-0.05, 0) is 38.2 Å². The molecule has 0 aromatic heterocycles. The summed E-state index contributed by atoms with van der Waals surface area (Å²) in [6.45, 7) is 1.85. The Hall–Kier alpha value is -1.59. The zero-order valence-corrected chi connectivity index (χ0v) is 12.6. The first-order valence-corrected chi connectivity index (χ1v) is 6.65. The Bertz CT molecular complexity index is 488. The summed E-state index contributed by atoms with van der Waals surface area (Å²) in [4.78, 5) is 25.3. The van der Waals surface area contributed by atoms with Crippen molar-refractivity contribution in [1.29, 1.82) is 0 Å². The Morgan fingerprint density at radius 3 is 2.25 bits per heavy atom. The molecule has 110 valence electrons. The van der Waals surface area contributed by atoms with Gasteiger partial charge in [-0.25, -0.2) is 4.79 Å². The second-order valence-corrected chi connectivity index (χ2v) is 5.29. The van der Waals surface area contributed by atoms with Gasteiger partial charge < -0.3 is 15.3 Å². The van der Waals surface area contributed by atoms with E-state index in [0.717, 1.165) is 0 Å². The second kappa shape index (κ2) is 6.72. The van der Waals surface area contributed by atoms with Gasteiger partial charge in [-0.3, -0.25) is 4.79 Å². The predicted octanol–water partition coefficient (Wildman–Crippen LogP) is 1.71. The van der Waals surface area contributed by atoms with Gasteiger partial charge in [0.25, 0.3) is 0 Å². The van der Waals surface area contributed by atoms with Crippen LogP contribution in [0.25, 0.3) is 0 Å². The fourth-order valence-corrected chi connectivity index (χ4v) is 2.12. The molecule has 20 heavy (non-hydrogen) atoms. The minimum atomic E-state index is -1.43. The van der Waals surface area contributed by atoms with E-state index in [9.17, 15) is 14.7 Å². The molecule has 5 nitrogen and oxygen atoms in total. The van der Waals surface area contributed by atoms with Gasteiger partial charge in [0.15, 0.2) is 5.54 Å². The fraction of sp³-hybridized carbons (Fsp3) is 0.429. The number of nitrogens with one attached hydrogen (secondary N) is 1. The van der Waals surface area contributed by atoms with E-state index in [1.54, 1.807) is 50.2 Å². The average Bonchev–Trinajstić information content (AvgIpc) is 2.35. The van der Waals surface area contributed by atoms with E-state index in [-0.39, 0.29) is 18.9 Å². The van der Waals surface area contributed by atoms with E-state index < -0.39 is 11.5 Å². The molecule has 0 fully saturated rings. The molecular weight excluding hydrogens is 280 g/mol. The molecule has 0 spiro atoms. The van der Waals surface area contributed by atoms with E-state index in [2.05, 4.69) is 5.32 Å². The molecule has 0 aliphatic heterocycles. The number of halogens is 1. The van der Waals surface area contributed by atoms with Crippen molar-refractivity contribution >= 4 is 23.5 Å². The number of likely N-dealkylation sites (N-methyl/N-ethyl adjacent to an activating group) is 1. The molecule has 1 aromatic carbocycles. The highest BCUT2D eigenvalue weighted by molar-refractivity contribution is 6.30. The lowest BCUT2D eigenvalue weighted by molar-refractivity contribution is -0.148. The minimum absolute atomic E-state index is 0.128. The summed E-state index contributed by atoms with van der Waals surface area (Å²) in [5, 5.41) is 12.7. The van der Waals surface area contributed by atoms with Gasteiger partial charge >= 0.3 is 5.97 Å². The molecule has 1 amide bonds. The van der Waals surface area contributed by atoms with E-state index >= 15 is 0 Å². The van der Waals surface area contributed by atoms with Gasteiger partial charge in [0.1, 0.15) is 0 Å². The Morgan fingerprint density at radius 2 is 1.85 bits per heavy atom. The number of hydrogen-bond donors (Lipinski definition) is 2. The summed E-state index contributed by atoms with van der Waals surface area (Å²) in [6, 6.07) is 6.47. The predicted molar refractivity (Wildman–Crippen MR) is 77.8 cm³/mol. The largest absolute Gasteiger partial charge is 0.479 e. The average molecular weight is 299 g/mol. The summed E-state index contributed by atoms with van der Waals surface area (Å²) >= 11 is 5.82. The van der Waals surface area contributed by atoms with Crippen LogP contribution in [-0.4, -0.2) is 42.5 Å². The molecule has 1 rings (SSSR count). The summed E-state index contributed by atoms with van der Waals surface area (Å²) < 4.78 is 0. The van der Waals surface area contributed by atoms with Crippen LogP contribution in [0.3, 0.4) is 0 Å². The van der Waals surface area contributed by atoms with Crippen molar-refractivity contribution in [3.05, 3.63) is 34.9 Å². The van der Waals surface area contributed by atoms with Crippen molar-refractivity contribution in [3.8, 4) is 0 Å². The normalized spacial score (nSPS) is 13.8. The number of amides is 1. The molecule has 0 saturated carbocycles. The lowest BCUT2D eigenvalue weighted by atomic mass is 9.87. The zero-order valence-electron chi connectivity index (χ0n) is 11.8. The van der Waals surface area contributed by atoms with Crippen LogP contribution in [0.15, 0.2) is 24.3 Å². The molecule has 1 atom stereocenters. The number of hydrogen-bond acceptors (Lipinski definition) is 3. The van der Waals surface area contributed by atoms with E-state index in [0.29, 0.717) is 10.6 Å². The Kier molecular flexibility index (Phi) is 5.53. The highest BCUT2D eigenvalue weighted by Crippen LogP contribution is 2.27. The Labute approximate surface area is 123 Å². The summed E-state index contributed by atoms with van der Waals surface area (Å²) in [6.07, 6.45) is 0.239. The van der Waals surface area contributed by atoms with Gasteiger partial charge in [0.2, 0.25) is 5.91 Å². The summed E-state index contributed by atoms with van der Waals surface area (Å²) in [7, 11) is 3.49. The number of nitrogens with zero attached hydrogens (tertiary/aromatic N) is 1. The molecule has 0 saturated heterocycles. The first-order chi connectivity index (χ1) is 9.31. The molecule has 2 N–H and O–H groups in total. The summed E-state index contributed by atoms with van der Waals surface area (Å²) in [5.41, 5.74) is -0.929. The molecule has 0 aliphatic carbocycles. The van der Waals surface area contributed by atoms with Crippen LogP contribution in [0.5, 0.6) is 0 Å². The highest BCUT2D eigenvalue weighted by Gasteiger charge is 2.40. The molecular formula is C14H19ClN2O3. The standard InChI is InChI=1S/C14H19ClN2O3/c1-4-14(13(19)20,16-12(18)9-17(2)3)10-5-7-11(15)8-6-10/h5-8H,4,9H2,1-3H3,(H,16,18)(H,19,20). The number of carboxylic acid groups (broad SMARTS) is 1. The fourth-order valence-electron chi connectivity index (χ4n) is 1.99. The van der Waals surface area contributed by atoms with Crippen LogP contribution in [0.2, 0.25) is 5.02 Å². The van der Waals surface area contributed by atoms with Gasteiger partial charge in [-0.15, -0.1) is 0 Å². The summed E-state index contributed by atoms with van der Waals surface area (Å²) in [5.74, 6) is -1.43. The van der Waals surface area contributed by atoms with Gasteiger partial charge in [-0.2, -0.15) is 0 Å². The van der Waals surface area contributed by atoms with Gasteiger partial charge in [-0.1, -0.05) is 30.7 Å². The second-order valence-electron chi connectivity index (χ2n) is 4.86. The van der Waals surface area contributed by atoms with Crippen LogP contribution >= 0.6 is 11.6 Å². The van der Waals surface area contributed by atoms with Crippen molar-refractivity contribution in [2.45, 2.75) is 18.9 Å². The number of benzene rings is 1. The minimum Gasteiger partial charge on any atom is -0.479 e. The number of aliphatic carboxylic acids is 1. The van der Waals surface area contributed by atoms with Gasteiger partial charge in [0.05, 0.1) is 6.54 Å². The molecule has 6 heteroatoms. The van der Waals surface area contributed by atoms with Crippen molar-refractivity contribution < 1.29 is 14.7 Å². The maximum atomic E-state index is 11.9. The third-order valence-corrected chi connectivity index (χ3v) is 3.30. The van der Waals surface area contributed by atoms with Crippen molar-refractivity contribution in [2.24, 2.45) is 0 Å². The molecule has 1 aromatic rings. The zero-order chi connectivity index (χ0) is 15.3. The van der Waals surface area contributed by atoms with Crippen LogP contribution in [0.4, 0.5) is 0 Å². The Balaban J connectivity index is 3.12. The molecule has 0 heterocycles. The SMILES string of the molecule is CCC(NC(=O)CN(C)C)(C(=O)O)c1ccc(Cl)cc1. The Morgan fingerprint density at radius 1 is 1.30 bits per heavy atom. The van der Waals surface area contributed by atoms with Crippen LogP contribution in [0.1, 0.15) is 18.9 Å². The van der Waals surface area contributed by atoms with E-state index in [4.69, 9.17) is 11.6 Å². The lowest BCUT2D eigenvalue weighted by Gasteiger charge is -2.30. The number of carbonyl (C=O) groups is 2. The maximum Gasteiger partial charge on any atom is 0.334 e.